The smallest absolute Gasteiger partial charge is 0.149 e. The van der Waals surface area contributed by atoms with Crippen molar-refractivity contribution in [3.8, 4) is 11.5 Å². The number of rotatable bonds is 4. The molecule has 37 heavy (non-hydrogen) atoms. The van der Waals surface area contributed by atoms with Crippen molar-refractivity contribution in [2.45, 2.75) is 31.8 Å². The average Bonchev–Trinajstić information content (AvgIpc) is 2.96. The third-order valence-corrected chi connectivity index (χ3v) is 8.35. The number of benzene rings is 2. The fraction of sp³-hybridized carbons (Fsp3) is 0.242. The Morgan fingerprint density at radius 3 is 2.78 bits per heavy atom. The van der Waals surface area contributed by atoms with Crippen LogP contribution in [0.3, 0.4) is 0 Å². The second-order valence-electron chi connectivity index (χ2n) is 10.4. The van der Waals surface area contributed by atoms with E-state index in [1.54, 1.807) is 24.3 Å². The Morgan fingerprint density at radius 1 is 1.05 bits per heavy atom. The molecule has 0 saturated heterocycles. The Morgan fingerprint density at radius 2 is 1.95 bits per heavy atom. The van der Waals surface area contributed by atoms with Gasteiger partial charge in [-0.1, -0.05) is 66.3 Å². The Bertz CT molecular complexity index is 1500. The fourth-order valence-electron chi connectivity index (χ4n) is 6.58. The molecule has 0 fully saturated rings. The number of methoxy groups -OCH3 is 1. The number of hydrogen-bond donors (Lipinski definition) is 2. The summed E-state index contributed by atoms with van der Waals surface area (Å²) in [5.41, 5.74) is 11.0. The van der Waals surface area contributed by atoms with Crippen molar-refractivity contribution in [3.05, 3.63) is 130 Å². The average molecular weight is 487 g/mol. The number of nitrogens with zero attached hydrogens (tertiary/aromatic N) is 1. The van der Waals surface area contributed by atoms with E-state index in [9.17, 15) is 5.11 Å². The van der Waals surface area contributed by atoms with Crippen LogP contribution in [0.2, 0.25) is 0 Å². The van der Waals surface area contributed by atoms with Crippen LogP contribution in [0.1, 0.15) is 43.0 Å². The van der Waals surface area contributed by atoms with Crippen molar-refractivity contribution in [1.29, 1.82) is 0 Å². The van der Waals surface area contributed by atoms with Crippen LogP contribution in [0.4, 0.5) is 0 Å². The quantitative estimate of drug-likeness (QED) is 0.497. The zero-order chi connectivity index (χ0) is 24.9. The molecule has 0 spiro atoms. The molecule has 4 heteroatoms. The van der Waals surface area contributed by atoms with E-state index in [-0.39, 0.29) is 5.75 Å². The molecule has 2 aromatic rings. The maximum atomic E-state index is 10.9. The Kier molecular flexibility index (Phi) is 5.28. The van der Waals surface area contributed by atoms with Gasteiger partial charge in [-0.2, -0.15) is 0 Å². The molecule has 7 rings (SSSR count). The van der Waals surface area contributed by atoms with E-state index >= 15 is 0 Å². The third-order valence-electron chi connectivity index (χ3n) is 8.35. The first kappa shape index (κ1) is 22.2. The summed E-state index contributed by atoms with van der Waals surface area (Å²) in [5, 5.41) is 14.5. The van der Waals surface area contributed by atoms with Crippen molar-refractivity contribution in [2.75, 3.05) is 7.11 Å². The summed E-state index contributed by atoms with van der Waals surface area (Å²) in [6.07, 6.45) is 18.4. The molecule has 4 aliphatic carbocycles. The topological polar surface area (TPSA) is 53.8 Å². The van der Waals surface area contributed by atoms with Crippen molar-refractivity contribution < 1.29 is 9.84 Å². The van der Waals surface area contributed by atoms with Crippen LogP contribution in [-0.2, 0) is 0 Å². The molecule has 184 valence electrons. The van der Waals surface area contributed by atoms with Crippen molar-refractivity contribution in [1.82, 2.24) is 5.32 Å². The summed E-state index contributed by atoms with van der Waals surface area (Å²) in [6.45, 7) is 0. The SMILES string of the molecule is COc1ccc(C2N=C(c3ccccc3)C=C(C3=CC=C4C=CC5=C6C(CC=C3C46)CCC5)N2)c(O)c1. The molecule has 3 atom stereocenters. The van der Waals surface area contributed by atoms with Gasteiger partial charge < -0.3 is 15.2 Å². The highest BCUT2D eigenvalue weighted by Crippen LogP contribution is 2.52. The Balaban J connectivity index is 1.33. The van der Waals surface area contributed by atoms with E-state index in [1.165, 1.54) is 36.0 Å². The number of phenolic OH excluding ortho intramolecular Hbond substituents is 1. The molecule has 0 saturated carbocycles. The molecule has 0 bridgehead atoms. The van der Waals surface area contributed by atoms with E-state index in [0.29, 0.717) is 17.6 Å². The van der Waals surface area contributed by atoms with Gasteiger partial charge in [0.1, 0.15) is 17.7 Å². The highest BCUT2D eigenvalue weighted by Gasteiger charge is 2.39. The van der Waals surface area contributed by atoms with E-state index in [2.05, 4.69) is 53.9 Å². The summed E-state index contributed by atoms with van der Waals surface area (Å²) >= 11 is 0. The number of aliphatic imine (C=N–C) groups is 1. The number of nitrogens with one attached hydrogen (secondary N) is 1. The first-order valence-electron chi connectivity index (χ1n) is 13.2. The monoisotopic (exact) mass is 486 g/mol. The first-order chi connectivity index (χ1) is 18.2. The molecule has 4 nitrogen and oxygen atoms in total. The largest absolute Gasteiger partial charge is 0.507 e. The van der Waals surface area contributed by atoms with Gasteiger partial charge in [0.2, 0.25) is 0 Å². The van der Waals surface area contributed by atoms with Crippen LogP contribution in [0, 0.1) is 11.8 Å². The van der Waals surface area contributed by atoms with Gasteiger partial charge in [-0.25, -0.2) is 0 Å². The summed E-state index contributed by atoms with van der Waals surface area (Å²) in [6, 6.07) is 15.7. The highest BCUT2D eigenvalue weighted by atomic mass is 16.5. The van der Waals surface area contributed by atoms with Gasteiger partial charge >= 0.3 is 0 Å². The van der Waals surface area contributed by atoms with Crippen LogP contribution in [0.5, 0.6) is 11.5 Å². The number of allylic oxidation sites excluding steroid dienone is 10. The van der Waals surface area contributed by atoms with Gasteiger partial charge in [0.15, 0.2) is 0 Å². The van der Waals surface area contributed by atoms with E-state index in [4.69, 9.17) is 9.73 Å². The molecule has 0 amide bonds. The lowest BCUT2D eigenvalue weighted by Crippen LogP contribution is -2.32. The molecule has 3 unspecified atom stereocenters. The summed E-state index contributed by atoms with van der Waals surface area (Å²) in [4.78, 5) is 5.04. The van der Waals surface area contributed by atoms with Gasteiger partial charge in [0.05, 0.1) is 12.8 Å². The molecule has 1 heterocycles. The maximum Gasteiger partial charge on any atom is 0.149 e. The zero-order valence-corrected chi connectivity index (χ0v) is 20.9. The molecule has 2 aromatic carbocycles. The molecule has 1 aliphatic heterocycles. The van der Waals surface area contributed by atoms with Crippen LogP contribution < -0.4 is 10.1 Å². The third kappa shape index (κ3) is 3.71. The lowest BCUT2D eigenvalue weighted by molar-refractivity contribution is 0.404. The maximum absolute atomic E-state index is 10.9. The predicted molar refractivity (Wildman–Crippen MR) is 147 cm³/mol. The van der Waals surface area contributed by atoms with Crippen molar-refractivity contribution in [2.24, 2.45) is 16.8 Å². The van der Waals surface area contributed by atoms with Crippen LogP contribution in [-0.4, -0.2) is 17.9 Å². The number of ether oxygens (including phenoxy) is 1. The van der Waals surface area contributed by atoms with Gasteiger partial charge in [-0.15, -0.1) is 0 Å². The fourth-order valence-corrected chi connectivity index (χ4v) is 6.58. The van der Waals surface area contributed by atoms with E-state index in [1.807, 2.05) is 30.3 Å². The van der Waals surface area contributed by atoms with E-state index in [0.717, 1.165) is 29.0 Å². The predicted octanol–water partition coefficient (Wildman–Crippen LogP) is 6.86. The summed E-state index contributed by atoms with van der Waals surface area (Å²) < 4.78 is 5.31. The number of phenols is 1. The normalized spacial score (nSPS) is 25.6. The summed E-state index contributed by atoms with van der Waals surface area (Å²) in [7, 11) is 1.60. The minimum atomic E-state index is -0.417. The molecule has 2 N–H and O–H groups in total. The van der Waals surface area contributed by atoms with Crippen molar-refractivity contribution >= 4 is 5.71 Å². The molecular weight excluding hydrogens is 456 g/mol. The van der Waals surface area contributed by atoms with Crippen LogP contribution in [0.25, 0.3) is 0 Å². The van der Waals surface area contributed by atoms with Crippen LogP contribution in [0.15, 0.2) is 124 Å². The molecule has 0 radical (unpaired) electrons. The number of hydrogen-bond acceptors (Lipinski definition) is 4. The lowest BCUT2D eigenvalue weighted by atomic mass is 9.62. The second-order valence-corrected chi connectivity index (χ2v) is 10.4. The Labute approximate surface area is 217 Å². The van der Waals surface area contributed by atoms with Gasteiger partial charge in [-0.3, -0.25) is 4.99 Å². The lowest BCUT2D eigenvalue weighted by Gasteiger charge is -2.43. The minimum Gasteiger partial charge on any atom is -0.507 e. The van der Waals surface area contributed by atoms with E-state index < -0.39 is 6.17 Å². The molecule has 5 aliphatic rings. The van der Waals surface area contributed by atoms with Gasteiger partial charge in [0.25, 0.3) is 0 Å². The Hall–Kier alpha value is -4.05. The summed E-state index contributed by atoms with van der Waals surface area (Å²) in [5.74, 6) is 1.82. The van der Waals surface area contributed by atoms with Gasteiger partial charge in [-0.05, 0) is 72.1 Å². The standard InChI is InChI=1S/C33H30N2O2/c1-37-24-14-17-27(30(36)18-24)33-34-28(20-6-3-2-4-7-20)19-29(35-33)25-15-12-23-11-10-21-8-5-9-22-13-16-26(25)32(23)31(21)22/h2-4,6-7,10-12,14-19,22,32-33,35-36H,5,8-9,13H2,1H3. The molecular formula is C33H30N2O2. The van der Waals surface area contributed by atoms with Gasteiger partial charge in [0, 0.05) is 28.8 Å². The first-order valence-corrected chi connectivity index (χ1v) is 13.2. The zero-order valence-electron chi connectivity index (χ0n) is 20.9. The van der Waals surface area contributed by atoms with Crippen LogP contribution >= 0.6 is 0 Å². The molecule has 0 aromatic heterocycles. The minimum absolute atomic E-state index is 0.170. The second kappa shape index (κ2) is 8.81. The number of aromatic hydroxyl groups is 1. The van der Waals surface area contributed by atoms with Crippen molar-refractivity contribution in [3.63, 3.8) is 0 Å². The highest BCUT2D eigenvalue weighted by molar-refractivity contribution is 6.10.